The molecule has 6 heteroatoms. The largest absolute Gasteiger partial charge is 0.350 e. The first-order valence-electron chi connectivity index (χ1n) is 8.87. The molecule has 5 nitrogen and oxygen atoms in total. The lowest BCUT2D eigenvalue weighted by Crippen LogP contribution is -2.48. The van der Waals surface area contributed by atoms with E-state index in [-0.39, 0.29) is 24.1 Å². The summed E-state index contributed by atoms with van der Waals surface area (Å²) in [6, 6.07) is 13.8. The summed E-state index contributed by atoms with van der Waals surface area (Å²) in [6.45, 7) is 0.851. The van der Waals surface area contributed by atoms with Crippen molar-refractivity contribution in [2.45, 2.75) is 25.6 Å². The van der Waals surface area contributed by atoms with Crippen LogP contribution < -0.4 is 10.9 Å². The van der Waals surface area contributed by atoms with E-state index in [4.69, 9.17) is 0 Å². The standard InChI is InChI=1S/C21H20FN3O2/c1-25-12-15-5-3-2-4-13(15)9-19(25)21(27)23-11-16-8-14-6-7-17(22)10-18(14)24-20(16)26/h2-8,10,19H,9,11-12H2,1H3,(H,23,27)(H,24,26)/t19-/m1/s1. The molecule has 1 aliphatic heterocycles. The van der Waals surface area contributed by atoms with E-state index in [2.05, 4.69) is 22.4 Å². The maximum Gasteiger partial charge on any atom is 0.253 e. The van der Waals surface area contributed by atoms with Crippen molar-refractivity contribution < 1.29 is 9.18 Å². The number of nitrogens with one attached hydrogen (secondary N) is 2. The van der Waals surface area contributed by atoms with Gasteiger partial charge in [0.2, 0.25) is 5.91 Å². The molecular formula is C21H20FN3O2. The first kappa shape index (κ1) is 17.4. The molecule has 2 heterocycles. The number of aromatic nitrogens is 1. The van der Waals surface area contributed by atoms with Gasteiger partial charge in [0.1, 0.15) is 5.82 Å². The molecule has 2 N–H and O–H groups in total. The minimum atomic E-state index is -0.403. The number of amides is 1. The van der Waals surface area contributed by atoms with Crippen molar-refractivity contribution in [3.05, 3.63) is 81.4 Å². The number of rotatable bonds is 3. The third-order valence-corrected chi connectivity index (χ3v) is 5.12. The minimum absolute atomic E-state index is 0.106. The zero-order chi connectivity index (χ0) is 19.0. The SMILES string of the molecule is CN1Cc2ccccc2C[C@@H]1C(=O)NCc1cc2ccc(F)cc2[nH]c1=O. The summed E-state index contributed by atoms with van der Waals surface area (Å²) < 4.78 is 13.3. The molecule has 1 atom stereocenters. The lowest BCUT2D eigenvalue weighted by molar-refractivity contribution is -0.126. The molecule has 4 rings (SSSR count). The van der Waals surface area contributed by atoms with Gasteiger partial charge < -0.3 is 10.3 Å². The Hall–Kier alpha value is -2.99. The van der Waals surface area contributed by atoms with Gasteiger partial charge in [0, 0.05) is 18.7 Å². The van der Waals surface area contributed by atoms with Crippen LogP contribution in [0.25, 0.3) is 10.9 Å². The smallest absolute Gasteiger partial charge is 0.253 e. The van der Waals surface area contributed by atoms with Gasteiger partial charge in [-0.15, -0.1) is 0 Å². The van der Waals surface area contributed by atoms with Crippen molar-refractivity contribution in [1.29, 1.82) is 0 Å². The maximum absolute atomic E-state index is 13.3. The summed E-state index contributed by atoms with van der Waals surface area (Å²) in [5.74, 6) is -0.509. The summed E-state index contributed by atoms with van der Waals surface area (Å²) in [4.78, 5) is 29.6. The van der Waals surface area contributed by atoms with Gasteiger partial charge >= 0.3 is 0 Å². The molecule has 0 bridgehead atoms. The first-order chi connectivity index (χ1) is 13.0. The fourth-order valence-electron chi connectivity index (χ4n) is 3.60. The number of nitrogens with zero attached hydrogens (tertiary/aromatic N) is 1. The van der Waals surface area contributed by atoms with Gasteiger partial charge in [-0.05, 0) is 54.2 Å². The second-order valence-electron chi connectivity index (χ2n) is 6.98. The molecule has 3 aromatic rings. The highest BCUT2D eigenvalue weighted by Gasteiger charge is 2.28. The third kappa shape index (κ3) is 3.48. The number of fused-ring (bicyclic) bond motifs is 2. The van der Waals surface area contributed by atoms with Crippen LogP contribution in [-0.4, -0.2) is 28.9 Å². The normalized spacial score (nSPS) is 16.9. The molecule has 1 amide bonds. The predicted octanol–water partition coefficient (Wildman–Crippen LogP) is 2.34. The summed E-state index contributed by atoms with van der Waals surface area (Å²) in [5, 5.41) is 3.60. The number of halogens is 1. The highest BCUT2D eigenvalue weighted by molar-refractivity contribution is 5.83. The number of aromatic amines is 1. The Morgan fingerprint density at radius 3 is 2.81 bits per heavy atom. The number of carbonyl (C=O) groups is 1. The van der Waals surface area contributed by atoms with E-state index >= 15 is 0 Å². The van der Waals surface area contributed by atoms with Gasteiger partial charge in [-0.3, -0.25) is 14.5 Å². The molecule has 0 fully saturated rings. The molecule has 0 radical (unpaired) electrons. The van der Waals surface area contributed by atoms with E-state index in [0.717, 1.165) is 11.9 Å². The molecule has 27 heavy (non-hydrogen) atoms. The van der Waals surface area contributed by atoms with Gasteiger partial charge in [0.25, 0.3) is 5.56 Å². The Morgan fingerprint density at radius 2 is 2.00 bits per heavy atom. The number of hydrogen-bond donors (Lipinski definition) is 2. The van der Waals surface area contributed by atoms with Crippen LogP contribution in [0.4, 0.5) is 4.39 Å². The Balaban J connectivity index is 1.49. The van der Waals surface area contributed by atoms with Crippen molar-refractivity contribution >= 4 is 16.8 Å². The highest BCUT2D eigenvalue weighted by Crippen LogP contribution is 2.22. The average molecular weight is 365 g/mol. The Labute approximate surface area is 155 Å². The van der Waals surface area contributed by atoms with Crippen LogP contribution in [0.2, 0.25) is 0 Å². The van der Waals surface area contributed by atoms with Crippen molar-refractivity contribution in [2.75, 3.05) is 7.05 Å². The molecule has 0 saturated heterocycles. The van der Waals surface area contributed by atoms with Crippen LogP contribution >= 0.6 is 0 Å². The van der Waals surface area contributed by atoms with Crippen molar-refractivity contribution in [2.24, 2.45) is 0 Å². The van der Waals surface area contributed by atoms with E-state index in [1.54, 1.807) is 12.1 Å². The summed E-state index contributed by atoms with van der Waals surface area (Å²) in [5.41, 5.74) is 2.99. The Bertz CT molecular complexity index is 1080. The first-order valence-corrected chi connectivity index (χ1v) is 8.87. The highest BCUT2D eigenvalue weighted by atomic mass is 19.1. The molecule has 2 aromatic carbocycles. The van der Waals surface area contributed by atoms with Crippen LogP contribution in [0.15, 0.2) is 53.3 Å². The molecule has 1 aromatic heterocycles. The summed E-state index contributed by atoms with van der Waals surface area (Å²) >= 11 is 0. The second kappa shape index (κ2) is 6.96. The van der Waals surface area contributed by atoms with Gasteiger partial charge in [-0.1, -0.05) is 24.3 Å². The molecule has 0 spiro atoms. The number of pyridine rings is 1. The van der Waals surface area contributed by atoms with Gasteiger partial charge in [-0.2, -0.15) is 0 Å². The predicted molar refractivity (Wildman–Crippen MR) is 102 cm³/mol. The zero-order valence-corrected chi connectivity index (χ0v) is 15.0. The Kier molecular flexibility index (Phi) is 4.49. The molecule has 0 aliphatic carbocycles. The summed E-state index contributed by atoms with van der Waals surface area (Å²) in [6.07, 6.45) is 0.645. The number of hydrogen-bond acceptors (Lipinski definition) is 3. The van der Waals surface area contributed by atoms with Gasteiger partial charge in [0.15, 0.2) is 0 Å². The van der Waals surface area contributed by atoms with Crippen LogP contribution in [-0.2, 0) is 24.3 Å². The topological polar surface area (TPSA) is 65.2 Å². The number of carbonyl (C=O) groups excluding carboxylic acids is 1. The fourth-order valence-corrected chi connectivity index (χ4v) is 3.60. The monoisotopic (exact) mass is 365 g/mol. The minimum Gasteiger partial charge on any atom is -0.350 e. The van der Waals surface area contributed by atoms with Gasteiger partial charge in [0.05, 0.1) is 11.6 Å². The molecule has 1 aliphatic rings. The van der Waals surface area contributed by atoms with E-state index in [1.165, 1.54) is 23.3 Å². The van der Waals surface area contributed by atoms with Crippen LogP contribution in [0.3, 0.4) is 0 Å². The summed E-state index contributed by atoms with van der Waals surface area (Å²) in [7, 11) is 1.93. The average Bonchev–Trinajstić information content (AvgIpc) is 2.65. The lowest BCUT2D eigenvalue weighted by atomic mass is 9.94. The number of H-pyrrole nitrogens is 1. The number of likely N-dealkylation sites (N-methyl/N-ethyl adjacent to an activating group) is 1. The van der Waals surface area contributed by atoms with Crippen LogP contribution in [0.1, 0.15) is 16.7 Å². The number of benzene rings is 2. The van der Waals surface area contributed by atoms with Crippen molar-refractivity contribution in [1.82, 2.24) is 15.2 Å². The van der Waals surface area contributed by atoms with E-state index in [0.29, 0.717) is 17.5 Å². The van der Waals surface area contributed by atoms with E-state index in [1.807, 2.05) is 24.1 Å². The van der Waals surface area contributed by atoms with Crippen molar-refractivity contribution in [3.63, 3.8) is 0 Å². The van der Waals surface area contributed by atoms with Gasteiger partial charge in [-0.25, -0.2) is 4.39 Å². The Morgan fingerprint density at radius 1 is 1.22 bits per heavy atom. The van der Waals surface area contributed by atoms with E-state index < -0.39 is 5.82 Å². The fraction of sp³-hybridized carbons (Fsp3) is 0.238. The molecule has 0 unspecified atom stereocenters. The zero-order valence-electron chi connectivity index (χ0n) is 15.0. The maximum atomic E-state index is 13.3. The molecule has 138 valence electrons. The lowest BCUT2D eigenvalue weighted by Gasteiger charge is -2.33. The quantitative estimate of drug-likeness (QED) is 0.749. The van der Waals surface area contributed by atoms with Crippen LogP contribution in [0.5, 0.6) is 0 Å². The molecular weight excluding hydrogens is 345 g/mol. The third-order valence-electron chi connectivity index (χ3n) is 5.12. The van der Waals surface area contributed by atoms with Crippen LogP contribution in [0, 0.1) is 5.82 Å². The second-order valence-corrected chi connectivity index (χ2v) is 6.98. The van der Waals surface area contributed by atoms with E-state index in [9.17, 15) is 14.0 Å². The molecule has 0 saturated carbocycles. The van der Waals surface area contributed by atoms with Crippen molar-refractivity contribution in [3.8, 4) is 0 Å².